The van der Waals surface area contributed by atoms with E-state index in [1.54, 1.807) is 18.3 Å². The van der Waals surface area contributed by atoms with E-state index in [0.29, 0.717) is 18.0 Å². The van der Waals surface area contributed by atoms with E-state index < -0.39 is 0 Å². The second-order valence-corrected chi connectivity index (χ2v) is 2.09. The van der Waals surface area contributed by atoms with Crippen molar-refractivity contribution in [2.45, 2.75) is 6.92 Å². The summed E-state index contributed by atoms with van der Waals surface area (Å²) >= 11 is 0. The van der Waals surface area contributed by atoms with Gasteiger partial charge in [-0.1, -0.05) is 0 Å². The van der Waals surface area contributed by atoms with Gasteiger partial charge in [-0.15, -0.1) is 0 Å². The second kappa shape index (κ2) is 4.46. The molecule has 0 radical (unpaired) electrons. The van der Waals surface area contributed by atoms with E-state index in [9.17, 15) is 4.79 Å². The zero-order valence-corrected chi connectivity index (χ0v) is 6.78. The maximum atomic E-state index is 10.5. The van der Waals surface area contributed by atoms with Crippen LogP contribution in [-0.2, 0) is 4.84 Å². The maximum absolute atomic E-state index is 10.5. The molecule has 4 nitrogen and oxygen atoms in total. The summed E-state index contributed by atoms with van der Waals surface area (Å²) < 4.78 is 0. The summed E-state index contributed by atoms with van der Waals surface area (Å²) in [4.78, 5) is 19.3. The monoisotopic (exact) mass is 166 g/mol. The number of carbonyl (C=O) groups excluding carboxylic acids is 1. The number of nitrogens with one attached hydrogen (secondary N) is 1. The lowest BCUT2D eigenvalue weighted by molar-refractivity contribution is 0.112. The van der Waals surface area contributed by atoms with Crippen molar-refractivity contribution < 1.29 is 9.63 Å². The van der Waals surface area contributed by atoms with Crippen LogP contribution in [0.15, 0.2) is 18.3 Å². The van der Waals surface area contributed by atoms with Crippen molar-refractivity contribution in [3.63, 3.8) is 0 Å². The molecule has 0 aliphatic carbocycles. The standard InChI is InChI=1S/C8H10N2O2/c1-2-12-10-8-7(6-11)4-3-5-9-8/h3-6H,2H2,1H3,(H,9,10). The summed E-state index contributed by atoms with van der Waals surface area (Å²) in [6, 6.07) is 3.36. The first-order valence-electron chi connectivity index (χ1n) is 3.66. The van der Waals surface area contributed by atoms with Gasteiger partial charge in [0.15, 0.2) is 12.1 Å². The van der Waals surface area contributed by atoms with E-state index >= 15 is 0 Å². The Morgan fingerprint density at radius 2 is 2.58 bits per heavy atom. The largest absolute Gasteiger partial charge is 0.298 e. The Bertz CT molecular complexity index is 263. The van der Waals surface area contributed by atoms with Crippen LogP contribution in [0.1, 0.15) is 17.3 Å². The molecule has 0 aliphatic heterocycles. The molecule has 1 aromatic rings. The van der Waals surface area contributed by atoms with Gasteiger partial charge >= 0.3 is 0 Å². The van der Waals surface area contributed by atoms with Crippen molar-refractivity contribution in [1.29, 1.82) is 0 Å². The molecule has 1 rings (SSSR count). The first kappa shape index (κ1) is 8.67. The summed E-state index contributed by atoms with van der Waals surface area (Å²) in [5.41, 5.74) is 3.06. The highest BCUT2D eigenvalue weighted by Crippen LogP contribution is 2.07. The summed E-state index contributed by atoms with van der Waals surface area (Å²) in [6.07, 6.45) is 2.32. The van der Waals surface area contributed by atoms with Crippen molar-refractivity contribution in [3.05, 3.63) is 23.9 Å². The van der Waals surface area contributed by atoms with Gasteiger partial charge in [-0.05, 0) is 19.1 Å². The fourth-order valence-corrected chi connectivity index (χ4v) is 0.739. The zero-order chi connectivity index (χ0) is 8.81. The lowest BCUT2D eigenvalue weighted by Gasteiger charge is -2.04. The number of rotatable bonds is 4. The average Bonchev–Trinajstić information content (AvgIpc) is 2.15. The lowest BCUT2D eigenvalue weighted by atomic mass is 10.3. The summed E-state index contributed by atoms with van der Waals surface area (Å²) in [6.45, 7) is 2.37. The van der Waals surface area contributed by atoms with E-state index in [0.717, 1.165) is 6.29 Å². The van der Waals surface area contributed by atoms with Crippen LogP contribution >= 0.6 is 0 Å². The third kappa shape index (κ3) is 2.03. The third-order valence-electron chi connectivity index (χ3n) is 1.28. The van der Waals surface area contributed by atoms with Crippen molar-refractivity contribution in [2.24, 2.45) is 0 Å². The number of hydrogen-bond acceptors (Lipinski definition) is 4. The van der Waals surface area contributed by atoms with E-state index in [1.165, 1.54) is 0 Å². The minimum atomic E-state index is 0.453. The predicted molar refractivity (Wildman–Crippen MR) is 44.9 cm³/mol. The number of pyridine rings is 1. The molecular weight excluding hydrogens is 156 g/mol. The first-order chi connectivity index (χ1) is 5.88. The number of carbonyl (C=O) groups is 1. The van der Waals surface area contributed by atoms with Crippen molar-refractivity contribution in [3.8, 4) is 0 Å². The van der Waals surface area contributed by atoms with Gasteiger partial charge in [0.1, 0.15) is 0 Å². The van der Waals surface area contributed by atoms with Crippen molar-refractivity contribution >= 4 is 12.1 Å². The fraction of sp³-hybridized carbons (Fsp3) is 0.250. The Balaban J connectivity index is 2.75. The Kier molecular flexibility index (Phi) is 3.22. The van der Waals surface area contributed by atoms with Crippen molar-refractivity contribution in [1.82, 2.24) is 4.98 Å². The molecule has 0 aromatic carbocycles. The highest BCUT2D eigenvalue weighted by Gasteiger charge is 1.99. The van der Waals surface area contributed by atoms with Gasteiger partial charge in [-0.25, -0.2) is 10.5 Å². The maximum Gasteiger partial charge on any atom is 0.160 e. The van der Waals surface area contributed by atoms with Gasteiger partial charge in [0.05, 0.1) is 12.2 Å². The quantitative estimate of drug-likeness (QED) is 0.540. The Labute approximate surface area is 70.5 Å². The molecule has 0 atom stereocenters. The smallest absolute Gasteiger partial charge is 0.160 e. The molecule has 1 N–H and O–H groups in total. The van der Waals surface area contributed by atoms with Gasteiger partial charge in [0.2, 0.25) is 0 Å². The SMILES string of the molecule is CCONc1ncccc1C=O. The predicted octanol–water partition coefficient (Wildman–Crippen LogP) is 1.26. The van der Waals surface area contributed by atoms with E-state index in [-0.39, 0.29) is 0 Å². The number of anilines is 1. The van der Waals surface area contributed by atoms with Crippen molar-refractivity contribution in [2.75, 3.05) is 12.1 Å². The highest BCUT2D eigenvalue weighted by molar-refractivity contribution is 5.81. The molecule has 1 heterocycles. The minimum Gasteiger partial charge on any atom is -0.298 e. The first-order valence-corrected chi connectivity index (χ1v) is 3.66. The normalized spacial score (nSPS) is 9.42. The molecule has 0 unspecified atom stereocenters. The van der Waals surface area contributed by atoms with Crippen LogP contribution in [0.25, 0.3) is 0 Å². The molecule has 0 bridgehead atoms. The summed E-state index contributed by atoms with van der Waals surface area (Å²) in [7, 11) is 0. The molecule has 64 valence electrons. The van der Waals surface area contributed by atoms with Gasteiger partial charge < -0.3 is 0 Å². The van der Waals surface area contributed by atoms with Gasteiger partial charge in [-0.2, -0.15) is 0 Å². The average molecular weight is 166 g/mol. The highest BCUT2D eigenvalue weighted by atomic mass is 16.6. The van der Waals surface area contributed by atoms with Crippen LogP contribution in [0.3, 0.4) is 0 Å². The molecule has 4 heteroatoms. The zero-order valence-electron chi connectivity index (χ0n) is 6.78. The molecule has 12 heavy (non-hydrogen) atoms. The van der Waals surface area contributed by atoms with Crippen LogP contribution in [0.5, 0.6) is 0 Å². The molecule has 0 saturated heterocycles. The van der Waals surface area contributed by atoms with E-state index in [4.69, 9.17) is 4.84 Å². The molecule has 0 saturated carbocycles. The topological polar surface area (TPSA) is 51.2 Å². The summed E-state index contributed by atoms with van der Waals surface area (Å²) in [5.74, 6) is 0.453. The van der Waals surface area contributed by atoms with Gasteiger partial charge in [0, 0.05) is 6.20 Å². The fourth-order valence-electron chi connectivity index (χ4n) is 0.739. The van der Waals surface area contributed by atoms with Crippen LogP contribution in [-0.4, -0.2) is 17.9 Å². The van der Waals surface area contributed by atoms with E-state index in [2.05, 4.69) is 10.5 Å². The van der Waals surface area contributed by atoms with Gasteiger partial charge in [0.25, 0.3) is 0 Å². The number of hydrogen-bond donors (Lipinski definition) is 1. The minimum absolute atomic E-state index is 0.453. The Hall–Kier alpha value is -1.42. The van der Waals surface area contributed by atoms with Crippen LogP contribution < -0.4 is 5.48 Å². The lowest BCUT2D eigenvalue weighted by Crippen LogP contribution is -2.04. The molecule has 0 spiro atoms. The number of aromatic nitrogens is 1. The van der Waals surface area contributed by atoms with Gasteiger partial charge in [-0.3, -0.25) is 9.63 Å². The Morgan fingerprint density at radius 3 is 3.25 bits per heavy atom. The number of nitrogens with zero attached hydrogens (tertiary/aromatic N) is 1. The third-order valence-corrected chi connectivity index (χ3v) is 1.28. The molecular formula is C8H10N2O2. The summed E-state index contributed by atoms with van der Waals surface area (Å²) in [5, 5.41) is 0. The number of aldehydes is 1. The molecule has 0 fully saturated rings. The molecule has 0 aliphatic rings. The molecule has 0 amide bonds. The van der Waals surface area contributed by atoms with Crippen LogP contribution in [0.4, 0.5) is 5.82 Å². The van der Waals surface area contributed by atoms with Crippen LogP contribution in [0, 0.1) is 0 Å². The second-order valence-electron chi connectivity index (χ2n) is 2.09. The van der Waals surface area contributed by atoms with E-state index in [1.807, 2.05) is 6.92 Å². The Morgan fingerprint density at radius 1 is 1.75 bits per heavy atom. The molecule has 1 aromatic heterocycles. The van der Waals surface area contributed by atoms with Crippen LogP contribution in [0.2, 0.25) is 0 Å².